The zero-order valence-corrected chi connectivity index (χ0v) is 51.3. The van der Waals surface area contributed by atoms with Crippen molar-refractivity contribution in [2.45, 2.75) is 20.8 Å². The van der Waals surface area contributed by atoms with Crippen molar-refractivity contribution in [3.05, 3.63) is 229 Å². The number of halogens is 4. The highest BCUT2D eigenvalue weighted by Crippen LogP contribution is 2.30. The summed E-state index contributed by atoms with van der Waals surface area (Å²) in [5.74, 6) is 1.45. The molecule has 0 aliphatic rings. The van der Waals surface area contributed by atoms with Crippen molar-refractivity contribution in [2.75, 3.05) is 27.1 Å². The smallest absolute Gasteiger partial charge is 0.274 e. The lowest BCUT2D eigenvalue weighted by molar-refractivity contribution is 0.474. The third-order valence-corrected chi connectivity index (χ3v) is 11.5. The summed E-state index contributed by atoms with van der Waals surface area (Å²) in [4.78, 5) is 65.3. The predicted octanol–water partition coefficient (Wildman–Crippen LogP) is 7.45. The second-order valence-corrected chi connectivity index (χ2v) is 19.7. The van der Waals surface area contributed by atoms with Gasteiger partial charge in [-0.2, -0.15) is 25.5 Å². The SMILES string of the molecule is Brc1cnc(N/N=C/c2ccccn2)nc1.Cc1nnc(N/N=C/c2cc(Br)cc(Cl)c2O)[nH]c1=O.Cc1nnc(N/N=C/c2ccccc2O)[nH]c1=O.Cc1nnc(N/N=C/c2ccccn2)[nH]c1=O.Oc1ccccc1/C=N/Nc1ncc(Br)cn1. The first-order valence-corrected chi connectivity index (χ1v) is 27.5. The number of hydrazone groups is 5. The Bertz CT molecular complexity index is 4190. The maximum atomic E-state index is 11.3. The van der Waals surface area contributed by atoms with Crippen LogP contribution in [0.3, 0.4) is 0 Å². The van der Waals surface area contributed by atoms with Gasteiger partial charge >= 0.3 is 0 Å². The number of hydrogen-bond acceptors (Lipinski definition) is 28. The molecule has 0 bridgehead atoms. The number of benzene rings is 3. The van der Waals surface area contributed by atoms with Gasteiger partial charge in [0.1, 0.15) is 34.3 Å². The Morgan fingerprint density at radius 3 is 1.16 bits per heavy atom. The number of pyridine rings is 2. The molecule has 7 heterocycles. The van der Waals surface area contributed by atoms with Gasteiger partial charge in [-0.25, -0.2) is 47.1 Å². The molecule has 0 spiro atoms. The third kappa shape index (κ3) is 23.6. The molecule has 0 aliphatic carbocycles. The molecule has 10 rings (SSSR count). The number of aromatic nitrogens is 15. The summed E-state index contributed by atoms with van der Waals surface area (Å²) in [7, 11) is 0. The molecular weight excluding hydrogens is 1360 g/mol. The van der Waals surface area contributed by atoms with Gasteiger partial charge in [0, 0.05) is 58.3 Å². The molecule has 0 atom stereocenters. The summed E-state index contributed by atoms with van der Waals surface area (Å²) in [5.41, 5.74) is 15.9. The number of phenolic OH excluding ortho intramolecular Hbond substituents is 3. The minimum Gasteiger partial charge on any atom is -0.507 e. The van der Waals surface area contributed by atoms with Crippen molar-refractivity contribution < 1.29 is 15.3 Å². The van der Waals surface area contributed by atoms with E-state index in [0.29, 0.717) is 44.4 Å². The fraction of sp³-hybridized carbons (Fsp3) is 0.0566. The Balaban J connectivity index is 0.000000176. The number of nitrogens with one attached hydrogen (secondary N) is 8. The lowest BCUT2D eigenvalue weighted by Crippen LogP contribution is -2.15. The van der Waals surface area contributed by atoms with Crippen molar-refractivity contribution in [1.29, 1.82) is 0 Å². The average molecular weight is 1410 g/mol. The second-order valence-electron chi connectivity index (χ2n) is 16.5. The van der Waals surface area contributed by atoms with Gasteiger partial charge in [0.15, 0.2) is 0 Å². The van der Waals surface area contributed by atoms with E-state index >= 15 is 0 Å². The zero-order valence-electron chi connectivity index (χ0n) is 45.8. The molecule has 0 amide bonds. The molecule has 0 aliphatic heterocycles. The highest BCUT2D eigenvalue weighted by atomic mass is 79.9. The molecule has 0 unspecified atom stereocenters. The van der Waals surface area contributed by atoms with Gasteiger partial charge in [-0.1, -0.05) is 63.9 Å². The van der Waals surface area contributed by atoms with Crippen molar-refractivity contribution in [3.8, 4) is 17.2 Å². The summed E-state index contributed by atoms with van der Waals surface area (Å²) in [5, 5.41) is 70.4. The van der Waals surface area contributed by atoms with Crippen LogP contribution in [0.2, 0.25) is 5.02 Å². The van der Waals surface area contributed by atoms with Crippen LogP contribution in [0, 0.1) is 20.8 Å². The number of aromatic hydroxyl groups is 3. The fourth-order valence-electron chi connectivity index (χ4n) is 5.65. The monoisotopic (exact) mass is 1400 g/mol. The van der Waals surface area contributed by atoms with Crippen LogP contribution in [0.25, 0.3) is 0 Å². The minimum atomic E-state index is -0.356. The first-order chi connectivity index (χ1) is 42.5. The molecule has 0 saturated carbocycles. The minimum absolute atomic E-state index is 0.0936. The average Bonchev–Trinajstić information content (AvgIpc) is 3.63. The normalized spacial score (nSPS) is 10.7. The number of nitrogens with zero attached hydrogens (tertiary/aromatic N) is 17. The lowest BCUT2D eigenvalue weighted by atomic mass is 10.2. The van der Waals surface area contributed by atoms with Gasteiger partial charge in [-0.05, 0) is 113 Å². The van der Waals surface area contributed by atoms with Crippen LogP contribution in [-0.2, 0) is 0 Å². The molecule has 10 aromatic rings. The Hall–Kier alpha value is -11.0. The van der Waals surface area contributed by atoms with Crippen LogP contribution in [0.1, 0.15) is 45.2 Å². The summed E-state index contributed by atoms with van der Waals surface area (Å²) in [6, 6.07) is 27.9. The molecule has 7 aromatic heterocycles. The summed E-state index contributed by atoms with van der Waals surface area (Å²) >= 11 is 15.6. The first-order valence-electron chi connectivity index (χ1n) is 24.8. The van der Waals surface area contributed by atoms with E-state index in [1.165, 1.54) is 24.9 Å². The van der Waals surface area contributed by atoms with E-state index in [1.54, 1.807) is 125 Å². The van der Waals surface area contributed by atoms with Gasteiger partial charge in [0.25, 0.3) is 16.7 Å². The quantitative estimate of drug-likeness (QED) is 0.0350. The van der Waals surface area contributed by atoms with E-state index in [9.17, 15) is 29.7 Å². The van der Waals surface area contributed by atoms with Crippen LogP contribution < -0.4 is 43.8 Å². The number of para-hydroxylation sites is 2. The summed E-state index contributed by atoms with van der Waals surface area (Å²) in [6.45, 7) is 4.67. The van der Waals surface area contributed by atoms with Gasteiger partial charge in [0.2, 0.25) is 29.7 Å². The van der Waals surface area contributed by atoms with Crippen molar-refractivity contribution in [2.24, 2.45) is 25.5 Å². The standard InChI is InChI=1S/C11H9BrClN5O2.C11H9BrN4O.C11H11N5O2.C10H8BrN5.C10H10N6O/c1-5-10(20)15-11(18-16-5)17-14-4-6-2-7(12)3-8(13)9(6)19;12-9-6-13-11(14-7-9)16-15-5-8-3-1-2-4-10(8)17;1-7-10(18)13-11(16-14-7)15-12-6-8-4-2-3-5-9(8)17;11-8-5-13-10(14-6-8)16-15-7-9-3-1-2-4-12-9;1-7-9(17)13-10(16-14-7)15-12-6-8-4-2-3-5-11-8/h2-4,19H,1H3,(H2,15,17,18,20);1-7,17H,(H,13,14,16);2-6,17H,1H3,(H2,13,15,16,18);1-7H,(H,13,14,16);2-6H,1H3,(H2,13,15,16,17)/b14-4+;15-5+;12-6+;15-7+;12-6+. The van der Waals surface area contributed by atoms with Gasteiger partial charge in [0.05, 0.1) is 56.4 Å². The van der Waals surface area contributed by atoms with E-state index in [-0.39, 0.29) is 68.2 Å². The summed E-state index contributed by atoms with van der Waals surface area (Å²) in [6.07, 6.45) is 17.3. The Kier molecular flexibility index (Phi) is 26.6. The van der Waals surface area contributed by atoms with E-state index in [2.05, 4.69) is 176 Å². The van der Waals surface area contributed by atoms with Crippen LogP contribution in [0.4, 0.5) is 29.7 Å². The molecular formula is C53H47Br3ClN25O6. The van der Waals surface area contributed by atoms with Crippen LogP contribution >= 0.6 is 59.4 Å². The maximum Gasteiger partial charge on any atom is 0.274 e. The number of aromatic amines is 3. The first kappa shape index (κ1) is 66.2. The molecule has 0 saturated heterocycles. The van der Waals surface area contributed by atoms with E-state index in [1.807, 2.05) is 36.4 Å². The van der Waals surface area contributed by atoms with E-state index in [0.717, 1.165) is 14.6 Å². The molecule has 35 heteroatoms. The number of rotatable bonds is 15. The highest BCUT2D eigenvalue weighted by Gasteiger charge is 2.07. The van der Waals surface area contributed by atoms with Crippen LogP contribution in [0.15, 0.2) is 188 Å². The highest BCUT2D eigenvalue weighted by molar-refractivity contribution is 9.11. The van der Waals surface area contributed by atoms with E-state index in [4.69, 9.17) is 11.6 Å². The van der Waals surface area contributed by atoms with Gasteiger partial charge in [-0.15, -0.1) is 30.6 Å². The molecule has 0 radical (unpaired) electrons. The summed E-state index contributed by atoms with van der Waals surface area (Å²) < 4.78 is 2.32. The third-order valence-electron chi connectivity index (χ3n) is 9.97. The lowest BCUT2D eigenvalue weighted by Gasteiger charge is -2.02. The molecule has 0 fully saturated rings. The number of phenols is 3. The maximum absolute atomic E-state index is 11.3. The van der Waals surface area contributed by atoms with Crippen LogP contribution in [0.5, 0.6) is 17.2 Å². The Morgan fingerprint density at radius 2 is 0.784 bits per heavy atom. The zero-order chi connectivity index (χ0) is 63.0. The molecule has 88 heavy (non-hydrogen) atoms. The van der Waals surface area contributed by atoms with Crippen molar-refractivity contribution >= 4 is 120 Å². The van der Waals surface area contributed by atoms with Crippen LogP contribution in [-0.4, -0.2) is 122 Å². The van der Waals surface area contributed by atoms with E-state index < -0.39 is 0 Å². The van der Waals surface area contributed by atoms with Crippen molar-refractivity contribution in [1.82, 2.24) is 75.4 Å². The number of anilines is 5. The molecule has 31 nitrogen and oxygen atoms in total. The largest absolute Gasteiger partial charge is 0.507 e. The second kappa shape index (κ2) is 35.4. The molecule has 3 aromatic carbocycles. The van der Waals surface area contributed by atoms with Crippen molar-refractivity contribution in [3.63, 3.8) is 0 Å². The van der Waals surface area contributed by atoms with Gasteiger partial charge in [-0.3, -0.25) is 39.3 Å². The Morgan fingerprint density at radius 1 is 0.432 bits per heavy atom. The number of hydrogen-bond donors (Lipinski definition) is 11. The number of H-pyrrole nitrogens is 3. The Labute approximate surface area is 527 Å². The molecule has 448 valence electrons. The topological polar surface area (TPSA) is 436 Å². The predicted molar refractivity (Wildman–Crippen MR) is 343 cm³/mol. The fourth-order valence-corrected chi connectivity index (χ4v) is 6.90. The number of aryl methyl sites for hydroxylation is 3. The molecule has 11 N–H and O–H groups in total. The van der Waals surface area contributed by atoms with Gasteiger partial charge < -0.3 is 15.3 Å².